The molecule has 0 fully saturated rings. The maximum absolute atomic E-state index is 12.6. The van der Waals surface area contributed by atoms with Gasteiger partial charge in [-0.15, -0.1) is 0 Å². The van der Waals surface area contributed by atoms with Gasteiger partial charge >= 0.3 is 11.1 Å². The van der Waals surface area contributed by atoms with Gasteiger partial charge in [-0.25, -0.2) is 0 Å². The molecule has 0 spiro atoms. The lowest BCUT2D eigenvalue weighted by Crippen LogP contribution is -2.29. The van der Waals surface area contributed by atoms with Crippen molar-refractivity contribution in [3.63, 3.8) is 0 Å². The molecule has 1 aromatic carbocycles. The summed E-state index contributed by atoms with van der Waals surface area (Å²) in [6, 6.07) is 5.01. The van der Waals surface area contributed by atoms with Crippen molar-refractivity contribution in [3.05, 3.63) is 44.5 Å². The number of Topliss-reactive ketones (excluding diaryl/α,β-unsaturated/α-hetero) is 1. The van der Waals surface area contributed by atoms with Crippen LogP contribution in [-0.2, 0) is 0 Å². The van der Waals surface area contributed by atoms with Gasteiger partial charge in [0.05, 0.1) is 11.0 Å². The summed E-state index contributed by atoms with van der Waals surface area (Å²) in [7, 11) is 0. The van der Waals surface area contributed by atoms with Gasteiger partial charge < -0.3 is 9.97 Å². The Balaban J connectivity index is 2.41. The molecule has 21 heavy (non-hydrogen) atoms. The molecule has 5 heteroatoms. The second kappa shape index (κ2) is 6.52. The fourth-order valence-electron chi connectivity index (χ4n) is 2.61. The van der Waals surface area contributed by atoms with Crippen molar-refractivity contribution in [2.75, 3.05) is 0 Å². The SMILES string of the molecule is CCCC(CCC)C(=O)c1ccc2[nH]c(=O)c(=O)[nH]c2c1. The van der Waals surface area contributed by atoms with Gasteiger partial charge in [-0.05, 0) is 31.0 Å². The van der Waals surface area contributed by atoms with E-state index in [0.717, 1.165) is 25.7 Å². The molecule has 2 N–H and O–H groups in total. The van der Waals surface area contributed by atoms with Gasteiger partial charge in [0.25, 0.3) is 0 Å². The quantitative estimate of drug-likeness (QED) is 0.633. The summed E-state index contributed by atoms with van der Waals surface area (Å²) >= 11 is 0. The topological polar surface area (TPSA) is 82.8 Å². The molecule has 0 saturated carbocycles. The number of carbonyl (C=O) groups is 1. The lowest BCUT2D eigenvalue weighted by atomic mass is 9.89. The first-order valence-corrected chi connectivity index (χ1v) is 7.37. The molecule has 0 aliphatic carbocycles. The van der Waals surface area contributed by atoms with Crippen LogP contribution in [0.15, 0.2) is 27.8 Å². The number of H-pyrrole nitrogens is 2. The zero-order valence-corrected chi connectivity index (χ0v) is 12.4. The Hall–Kier alpha value is -2.17. The highest BCUT2D eigenvalue weighted by molar-refractivity contribution is 6.00. The van der Waals surface area contributed by atoms with Crippen LogP contribution in [0.25, 0.3) is 11.0 Å². The smallest absolute Gasteiger partial charge is 0.314 e. The summed E-state index contributed by atoms with van der Waals surface area (Å²) in [6.07, 6.45) is 3.67. The second-order valence-electron chi connectivity index (χ2n) is 5.31. The zero-order valence-electron chi connectivity index (χ0n) is 12.4. The Morgan fingerprint density at radius 2 is 1.57 bits per heavy atom. The van der Waals surface area contributed by atoms with Crippen molar-refractivity contribution >= 4 is 16.8 Å². The fraction of sp³-hybridized carbons (Fsp3) is 0.438. The van der Waals surface area contributed by atoms with E-state index in [1.165, 1.54) is 0 Å². The molecule has 0 unspecified atom stereocenters. The average Bonchev–Trinajstić information content (AvgIpc) is 2.47. The molecule has 1 aromatic heterocycles. The Morgan fingerprint density at radius 1 is 1.00 bits per heavy atom. The Bertz CT molecular complexity index is 752. The minimum Gasteiger partial charge on any atom is -0.316 e. The monoisotopic (exact) mass is 288 g/mol. The second-order valence-corrected chi connectivity index (χ2v) is 5.31. The third-order valence-electron chi connectivity index (χ3n) is 3.65. The number of rotatable bonds is 6. The van der Waals surface area contributed by atoms with Crippen LogP contribution >= 0.6 is 0 Å². The highest BCUT2D eigenvalue weighted by atomic mass is 16.2. The summed E-state index contributed by atoms with van der Waals surface area (Å²) in [4.78, 5) is 40.2. The van der Waals surface area contributed by atoms with E-state index in [1.54, 1.807) is 18.2 Å². The summed E-state index contributed by atoms with van der Waals surface area (Å²) < 4.78 is 0. The molecule has 0 bridgehead atoms. The molecule has 112 valence electrons. The van der Waals surface area contributed by atoms with Crippen LogP contribution < -0.4 is 11.1 Å². The van der Waals surface area contributed by atoms with E-state index in [0.29, 0.717) is 16.6 Å². The Labute approximate surface area is 122 Å². The van der Waals surface area contributed by atoms with Gasteiger partial charge in [-0.2, -0.15) is 0 Å². The number of carbonyl (C=O) groups excluding carboxylic acids is 1. The number of benzene rings is 1. The minimum atomic E-state index is -0.703. The van der Waals surface area contributed by atoms with Crippen LogP contribution in [0.1, 0.15) is 49.9 Å². The number of ketones is 1. The lowest BCUT2D eigenvalue weighted by Gasteiger charge is -2.14. The predicted molar refractivity (Wildman–Crippen MR) is 82.8 cm³/mol. The number of aromatic amines is 2. The van der Waals surface area contributed by atoms with Crippen LogP contribution in [-0.4, -0.2) is 15.8 Å². The molecule has 2 rings (SSSR count). The number of aromatic nitrogens is 2. The molecule has 0 atom stereocenters. The zero-order chi connectivity index (χ0) is 15.4. The van der Waals surface area contributed by atoms with E-state index >= 15 is 0 Å². The molecule has 0 aliphatic heterocycles. The van der Waals surface area contributed by atoms with Crippen LogP contribution in [0.3, 0.4) is 0 Å². The first-order valence-electron chi connectivity index (χ1n) is 7.37. The molecule has 0 radical (unpaired) electrons. The normalized spacial score (nSPS) is 11.2. The number of hydrogen-bond acceptors (Lipinski definition) is 3. The minimum absolute atomic E-state index is 0.0203. The summed E-state index contributed by atoms with van der Waals surface area (Å²) in [5.41, 5.74) is 0.204. The van der Waals surface area contributed by atoms with Crippen LogP contribution in [0, 0.1) is 5.92 Å². The van der Waals surface area contributed by atoms with E-state index in [4.69, 9.17) is 0 Å². The average molecular weight is 288 g/mol. The molecule has 0 aliphatic rings. The van der Waals surface area contributed by atoms with Gasteiger partial charge in [-0.1, -0.05) is 26.7 Å². The highest BCUT2D eigenvalue weighted by Crippen LogP contribution is 2.21. The predicted octanol–water partition coefficient (Wildman–Crippen LogP) is 2.62. The van der Waals surface area contributed by atoms with E-state index in [9.17, 15) is 14.4 Å². The van der Waals surface area contributed by atoms with Crippen LogP contribution in [0.5, 0.6) is 0 Å². The van der Waals surface area contributed by atoms with Gasteiger partial charge in [0.2, 0.25) is 0 Å². The summed E-state index contributed by atoms with van der Waals surface area (Å²) in [5, 5.41) is 0. The van der Waals surface area contributed by atoms with Crippen molar-refractivity contribution in [1.29, 1.82) is 0 Å². The highest BCUT2D eigenvalue weighted by Gasteiger charge is 2.18. The molecule has 5 nitrogen and oxygen atoms in total. The van der Waals surface area contributed by atoms with E-state index in [1.807, 2.05) is 0 Å². The van der Waals surface area contributed by atoms with Crippen LogP contribution in [0.2, 0.25) is 0 Å². The van der Waals surface area contributed by atoms with Gasteiger partial charge in [-0.3, -0.25) is 14.4 Å². The van der Waals surface area contributed by atoms with Gasteiger partial charge in [0, 0.05) is 11.5 Å². The molecule has 0 amide bonds. The summed E-state index contributed by atoms with van der Waals surface area (Å²) in [6.45, 7) is 4.14. The molecular weight excluding hydrogens is 268 g/mol. The summed E-state index contributed by atoms with van der Waals surface area (Å²) in [5.74, 6) is 0.125. The molecule has 2 aromatic rings. The number of fused-ring (bicyclic) bond motifs is 1. The molecule has 0 saturated heterocycles. The first-order chi connectivity index (χ1) is 10.1. The number of hydrogen-bond donors (Lipinski definition) is 2. The standard InChI is InChI=1S/C16H20N2O3/c1-3-5-10(6-4-2)14(19)11-7-8-12-13(9-11)18-16(21)15(20)17-12/h7-10H,3-6H2,1-2H3,(H,17,20)(H,18,21). The van der Waals surface area contributed by atoms with E-state index < -0.39 is 11.1 Å². The first kappa shape index (κ1) is 15.2. The van der Waals surface area contributed by atoms with Crippen molar-refractivity contribution in [2.45, 2.75) is 39.5 Å². The van der Waals surface area contributed by atoms with Crippen LogP contribution in [0.4, 0.5) is 0 Å². The van der Waals surface area contributed by atoms with Gasteiger partial charge in [0.15, 0.2) is 5.78 Å². The molecular formula is C16H20N2O3. The Kier molecular flexibility index (Phi) is 4.73. The lowest BCUT2D eigenvalue weighted by molar-refractivity contribution is 0.0905. The third kappa shape index (κ3) is 3.29. The Morgan fingerprint density at radius 3 is 2.14 bits per heavy atom. The maximum atomic E-state index is 12.6. The van der Waals surface area contributed by atoms with E-state index in [2.05, 4.69) is 23.8 Å². The van der Waals surface area contributed by atoms with Crippen molar-refractivity contribution in [2.24, 2.45) is 5.92 Å². The van der Waals surface area contributed by atoms with Crippen molar-refractivity contribution < 1.29 is 4.79 Å². The maximum Gasteiger partial charge on any atom is 0.314 e. The third-order valence-corrected chi connectivity index (χ3v) is 3.65. The number of nitrogens with one attached hydrogen (secondary N) is 2. The largest absolute Gasteiger partial charge is 0.316 e. The fourth-order valence-corrected chi connectivity index (χ4v) is 2.61. The van der Waals surface area contributed by atoms with Gasteiger partial charge in [0.1, 0.15) is 0 Å². The van der Waals surface area contributed by atoms with Crippen molar-refractivity contribution in [1.82, 2.24) is 9.97 Å². The van der Waals surface area contributed by atoms with E-state index in [-0.39, 0.29) is 11.7 Å². The molecule has 1 heterocycles. The van der Waals surface area contributed by atoms with Crippen molar-refractivity contribution in [3.8, 4) is 0 Å².